The summed E-state index contributed by atoms with van der Waals surface area (Å²) in [6.45, 7) is 0. The summed E-state index contributed by atoms with van der Waals surface area (Å²) in [5, 5.41) is 26.5. The molecule has 0 bridgehead atoms. The molecule has 0 radical (unpaired) electrons. The molecule has 0 atom stereocenters. The molecule has 1 aromatic heterocycles. The minimum Gasteiger partial charge on any atom is -0.481 e. The molecular formula is C9H9NO6. The molecule has 0 unspecified atom stereocenters. The van der Waals surface area contributed by atoms with Crippen LogP contribution in [0.1, 0.15) is 6.42 Å². The molecule has 1 rings (SSSR count). The Balaban J connectivity index is 3.34. The predicted octanol–water partition coefficient (Wildman–Crippen LogP) is -0.173. The molecule has 1 aromatic rings. The summed E-state index contributed by atoms with van der Waals surface area (Å²) >= 11 is 0. The lowest BCUT2D eigenvalue weighted by atomic mass is 9.95. The van der Waals surface area contributed by atoms with Gasteiger partial charge in [0.15, 0.2) is 0 Å². The molecule has 7 heteroatoms. The normalized spacial score (nSPS) is 11.0. The average Bonchev–Trinajstić information content (AvgIpc) is 2.65. The van der Waals surface area contributed by atoms with Gasteiger partial charge in [0.1, 0.15) is 0 Å². The van der Waals surface area contributed by atoms with Crippen molar-refractivity contribution in [3.05, 3.63) is 24.5 Å². The van der Waals surface area contributed by atoms with Gasteiger partial charge >= 0.3 is 17.9 Å². The Hall–Kier alpha value is -2.31. The molecular weight excluding hydrogens is 218 g/mol. The maximum Gasteiger partial charge on any atom is 0.342 e. The summed E-state index contributed by atoms with van der Waals surface area (Å²) in [5.74, 6) is -4.95. The fraction of sp³-hybridized carbons (Fsp3) is 0.222. The van der Waals surface area contributed by atoms with Gasteiger partial charge in [-0.3, -0.25) is 4.79 Å². The highest BCUT2D eigenvalue weighted by atomic mass is 16.4. The third-order valence-electron chi connectivity index (χ3n) is 2.16. The lowest BCUT2D eigenvalue weighted by molar-refractivity contribution is -0.167. The SMILES string of the molecule is O=C(O)CC(C(=O)O)(C(=O)O)n1cccc1. The second kappa shape index (κ2) is 4.05. The number of hydrogen-bond donors (Lipinski definition) is 3. The molecule has 0 amide bonds. The molecule has 0 aliphatic heterocycles. The minimum atomic E-state index is -2.50. The lowest BCUT2D eigenvalue weighted by Gasteiger charge is -2.24. The van der Waals surface area contributed by atoms with Crippen LogP contribution >= 0.6 is 0 Å². The smallest absolute Gasteiger partial charge is 0.342 e. The molecule has 0 spiro atoms. The fourth-order valence-corrected chi connectivity index (χ4v) is 1.36. The van der Waals surface area contributed by atoms with Gasteiger partial charge in [0.25, 0.3) is 0 Å². The van der Waals surface area contributed by atoms with Crippen LogP contribution in [0, 0.1) is 0 Å². The highest BCUT2D eigenvalue weighted by Gasteiger charge is 2.50. The minimum absolute atomic E-state index is 0.853. The van der Waals surface area contributed by atoms with Crippen molar-refractivity contribution in [2.45, 2.75) is 12.0 Å². The van der Waals surface area contributed by atoms with E-state index < -0.39 is 29.9 Å². The summed E-state index contributed by atoms with van der Waals surface area (Å²) < 4.78 is 0.853. The van der Waals surface area contributed by atoms with Gasteiger partial charge in [-0.1, -0.05) is 0 Å². The number of rotatable bonds is 5. The Kier molecular flexibility index (Phi) is 2.98. The Bertz CT molecular complexity index is 407. The molecule has 0 aliphatic rings. The zero-order valence-corrected chi connectivity index (χ0v) is 8.03. The maximum atomic E-state index is 11.0. The van der Waals surface area contributed by atoms with E-state index in [1.807, 2.05) is 0 Å². The van der Waals surface area contributed by atoms with E-state index >= 15 is 0 Å². The van der Waals surface area contributed by atoms with E-state index in [1.54, 1.807) is 0 Å². The zero-order chi connectivity index (χ0) is 12.3. The first-order valence-corrected chi connectivity index (χ1v) is 4.23. The Labute approximate surface area is 89.5 Å². The van der Waals surface area contributed by atoms with Crippen molar-refractivity contribution in [2.75, 3.05) is 0 Å². The van der Waals surface area contributed by atoms with Gasteiger partial charge in [-0.25, -0.2) is 9.59 Å². The van der Waals surface area contributed by atoms with Crippen molar-refractivity contribution in [3.63, 3.8) is 0 Å². The zero-order valence-electron chi connectivity index (χ0n) is 8.03. The molecule has 0 saturated carbocycles. The van der Waals surface area contributed by atoms with E-state index in [0.717, 1.165) is 4.57 Å². The third kappa shape index (κ3) is 1.74. The van der Waals surface area contributed by atoms with Crippen LogP contribution in [0.2, 0.25) is 0 Å². The predicted molar refractivity (Wildman–Crippen MR) is 49.9 cm³/mol. The molecule has 86 valence electrons. The standard InChI is InChI=1S/C9H9NO6/c11-6(12)5-9(7(13)14,8(15)16)10-3-1-2-4-10/h1-4H,5H2,(H,11,12)(H,13,14)(H,15,16). The fourth-order valence-electron chi connectivity index (χ4n) is 1.36. The Morgan fingerprint density at radius 3 is 1.75 bits per heavy atom. The first-order valence-electron chi connectivity index (χ1n) is 4.23. The lowest BCUT2D eigenvalue weighted by Crippen LogP contribution is -2.50. The summed E-state index contributed by atoms with van der Waals surface area (Å²) in [6.07, 6.45) is 1.36. The first kappa shape index (κ1) is 11.8. The highest BCUT2D eigenvalue weighted by molar-refractivity contribution is 6.03. The van der Waals surface area contributed by atoms with Crippen LogP contribution in [-0.2, 0) is 19.9 Å². The molecule has 3 N–H and O–H groups in total. The number of hydrogen-bond acceptors (Lipinski definition) is 3. The van der Waals surface area contributed by atoms with Crippen LogP contribution in [0.25, 0.3) is 0 Å². The van der Waals surface area contributed by atoms with Gasteiger partial charge in [-0.05, 0) is 12.1 Å². The van der Waals surface area contributed by atoms with Crippen molar-refractivity contribution in [3.8, 4) is 0 Å². The second-order valence-corrected chi connectivity index (χ2v) is 3.13. The molecule has 0 aromatic carbocycles. The van der Waals surface area contributed by atoms with Gasteiger partial charge in [-0.15, -0.1) is 0 Å². The molecule has 1 heterocycles. The summed E-state index contributed by atoms with van der Waals surface area (Å²) in [7, 11) is 0. The molecule has 0 saturated heterocycles. The quantitative estimate of drug-likeness (QED) is 0.601. The van der Waals surface area contributed by atoms with Crippen molar-refractivity contribution >= 4 is 17.9 Å². The number of aromatic nitrogens is 1. The molecule has 7 nitrogen and oxygen atoms in total. The van der Waals surface area contributed by atoms with Gasteiger partial charge in [0.2, 0.25) is 5.54 Å². The Morgan fingerprint density at radius 1 is 1.00 bits per heavy atom. The van der Waals surface area contributed by atoms with Crippen LogP contribution in [0.5, 0.6) is 0 Å². The van der Waals surface area contributed by atoms with E-state index in [-0.39, 0.29) is 0 Å². The van der Waals surface area contributed by atoms with E-state index in [1.165, 1.54) is 24.5 Å². The van der Waals surface area contributed by atoms with E-state index in [0.29, 0.717) is 0 Å². The molecule has 0 aliphatic carbocycles. The maximum absolute atomic E-state index is 11.0. The first-order chi connectivity index (χ1) is 7.41. The topological polar surface area (TPSA) is 117 Å². The number of carbonyl (C=O) groups is 3. The largest absolute Gasteiger partial charge is 0.481 e. The average molecular weight is 227 g/mol. The third-order valence-corrected chi connectivity index (χ3v) is 2.16. The van der Waals surface area contributed by atoms with E-state index in [2.05, 4.69) is 0 Å². The van der Waals surface area contributed by atoms with Crippen LogP contribution in [-0.4, -0.2) is 37.8 Å². The summed E-state index contributed by atoms with van der Waals surface area (Å²) in [4.78, 5) is 32.6. The number of carboxylic acid groups (broad SMARTS) is 3. The van der Waals surface area contributed by atoms with E-state index in [4.69, 9.17) is 15.3 Å². The highest BCUT2D eigenvalue weighted by Crippen LogP contribution is 2.22. The van der Waals surface area contributed by atoms with Crippen molar-refractivity contribution in [2.24, 2.45) is 0 Å². The molecule has 16 heavy (non-hydrogen) atoms. The van der Waals surface area contributed by atoms with Crippen molar-refractivity contribution < 1.29 is 29.7 Å². The summed E-state index contributed by atoms with van der Waals surface area (Å²) in [5.41, 5.74) is -2.50. The van der Waals surface area contributed by atoms with E-state index in [9.17, 15) is 14.4 Å². The van der Waals surface area contributed by atoms with Crippen molar-refractivity contribution in [1.29, 1.82) is 0 Å². The van der Waals surface area contributed by atoms with Gasteiger partial charge in [0.05, 0.1) is 6.42 Å². The second-order valence-electron chi connectivity index (χ2n) is 3.13. The van der Waals surface area contributed by atoms with Crippen LogP contribution in [0.3, 0.4) is 0 Å². The number of aliphatic carboxylic acids is 3. The number of carboxylic acids is 3. The van der Waals surface area contributed by atoms with Gasteiger partial charge < -0.3 is 19.9 Å². The number of nitrogens with zero attached hydrogens (tertiary/aromatic N) is 1. The van der Waals surface area contributed by atoms with Crippen LogP contribution < -0.4 is 0 Å². The van der Waals surface area contributed by atoms with Crippen LogP contribution in [0.15, 0.2) is 24.5 Å². The van der Waals surface area contributed by atoms with Gasteiger partial charge in [0, 0.05) is 12.4 Å². The monoisotopic (exact) mass is 227 g/mol. The summed E-state index contributed by atoms with van der Waals surface area (Å²) in [6, 6.07) is 2.84. The van der Waals surface area contributed by atoms with Crippen molar-refractivity contribution in [1.82, 2.24) is 4.57 Å². The van der Waals surface area contributed by atoms with Crippen LogP contribution in [0.4, 0.5) is 0 Å². The van der Waals surface area contributed by atoms with Gasteiger partial charge in [-0.2, -0.15) is 0 Å². The molecule has 0 fully saturated rings. The Morgan fingerprint density at radius 2 is 1.44 bits per heavy atom.